The Balaban J connectivity index is 1.59. The van der Waals surface area contributed by atoms with Crippen molar-refractivity contribution in [2.45, 2.75) is 104 Å². The van der Waals surface area contributed by atoms with Crippen LogP contribution in [-0.4, -0.2) is 29.4 Å². The molecule has 4 fully saturated rings. The summed E-state index contributed by atoms with van der Waals surface area (Å²) in [6.07, 6.45) is 8.93. The van der Waals surface area contributed by atoms with Crippen molar-refractivity contribution in [2.24, 2.45) is 34.5 Å². The van der Waals surface area contributed by atoms with E-state index in [1.807, 2.05) is 6.92 Å². The molecule has 0 bridgehead atoms. The zero-order valence-corrected chi connectivity index (χ0v) is 19.3. The van der Waals surface area contributed by atoms with E-state index in [1.54, 1.807) is 0 Å². The van der Waals surface area contributed by atoms with Gasteiger partial charge in [0, 0.05) is 25.7 Å². The summed E-state index contributed by atoms with van der Waals surface area (Å²) in [5, 5.41) is 0. The Morgan fingerprint density at radius 1 is 0.900 bits per heavy atom. The number of ether oxygens (including phenoxy) is 2. The van der Waals surface area contributed by atoms with Crippen LogP contribution in [0.3, 0.4) is 0 Å². The first-order valence-electron chi connectivity index (χ1n) is 11.9. The summed E-state index contributed by atoms with van der Waals surface area (Å²) < 4.78 is 11.4. The first-order chi connectivity index (χ1) is 14.0. The molecule has 4 rings (SSSR count). The van der Waals surface area contributed by atoms with E-state index in [-0.39, 0.29) is 34.7 Å². The Labute approximate surface area is 180 Å². The van der Waals surface area contributed by atoms with Crippen LogP contribution in [0.25, 0.3) is 0 Å². The highest BCUT2D eigenvalue weighted by Crippen LogP contribution is 2.67. The van der Waals surface area contributed by atoms with Crippen LogP contribution < -0.4 is 0 Å². The molecule has 4 aliphatic rings. The molecule has 0 amide bonds. The smallest absolute Gasteiger partial charge is 0.303 e. The van der Waals surface area contributed by atoms with Crippen LogP contribution in [0.5, 0.6) is 0 Å². The number of ketones is 1. The Hall–Kier alpha value is -1.39. The molecule has 0 aliphatic heterocycles. The molecule has 0 unspecified atom stereocenters. The Morgan fingerprint density at radius 3 is 2.30 bits per heavy atom. The Kier molecular flexibility index (Phi) is 5.34. The fourth-order valence-electron chi connectivity index (χ4n) is 8.31. The van der Waals surface area contributed by atoms with Crippen LogP contribution in [0.2, 0.25) is 0 Å². The van der Waals surface area contributed by atoms with E-state index in [0.29, 0.717) is 30.1 Å². The lowest BCUT2D eigenvalue weighted by molar-refractivity contribution is -0.215. The molecular formula is C25H38O5. The Bertz CT molecular complexity index is 746. The highest BCUT2D eigenvalue weighted by atomic mass is 16.6. The van der Waals surface area contributed by atoms with Crippen molar-refractivity contribution in [3.05, 3.63) is 0 Å². The van der Waals surface area contributed by atoms with Gasteiger partial charge < -0.3 is 9.47 Å². The monoisotopic (exact) mass is 418 g/mol. The third-order valence-corrected chi connectivity index (χ3v) is 9.99. The lowest BCUT2D eigenvalue weighted by Crippen LogP contribution is -2.65. The molecule has 0 aromatic carbocycles. The normalized spacial score (nSPS) is 48.0. The van der Waals surface area contributed by atoms with Crippen molar-refractivity contribution >= 4 is 17.7 Å². The van der Waals surface area contributed by atoms with Gasteiger partial charge in [-0.15, -0.1) is 0 Å². The van der Waals surface area contributed by atoms with Gasteiger partial charge in [0.2, 0.25) is 0 Å². The lowest BCUT2D eigenvalue weighted by atomic mass is 9.41. The maximum atomic E-state index is 13.0. The minimum Gasteiger partial charge on any atom is -0.463 e. The minimum atomic E-state index is -1.00. The summed E-state index contributed by atoms with van der Waals surface area (Å²) in [7, 11) is 0. The van der Waals surface area contributed by atoms with Crippen LogP contribution in [0.1, 0.15) is 92.4 Å². The van der Waals surface area contributed by atoms with E-state index < -0.39 is 5.60 Å². The first-order valence-corrected chi connectivity index (χ1v) is 11.9. The van der Waals surface area contributed by atoms with Gasteiger partial charge in [0.25, 0.3) is 0 Å². The van der Waals surface area contributed by atoms with Crippen molar-refractivity contribution in [2.75, 3.05) is 0 Å². The quantitative estimate of drug-likeness (QED) is 0.600. The van der Waals surface area contributed by atoms with Crippen LogP contribution in [0.4, 0.5) is 0 Å². The van der Waals surface area contributed by atoms with Gasteiger partial charge in [-0.1, -0.05) is 13.8 Å². The molecule has 30 heavy (non-hydrogen) atoms. The molecule has 8 atom stereocenters. The number of rotatable bonds is 2. The average molecular weight is 419 g/mol. The van der Waals surface area contributed by atoms with Crippen molar-refractivity contribution in [3.8, 4) is 0 Å². The second-order valence-electron chi connectivity index (χ2n) is 11.2. The van der Waals surface area contributed by atoms with Gasteiger partial charge >= 0.3 is 11.9 Å². The van der Waals surface area contributed by atoms with Gasteiger partial charge in [0.05, 0.1) is 0 Å². The summed E-state index contributed by atoms with van der Waals surface area (Å²) in [5.74, 6) is 1.82. The van der Waals surface area contributed by atoms with Crippen LogP contribution >= 0.6 is 0 Å². The number of carbonyl (C=O) groups is 3. The highest BCUT2D eigenvalue weighted by molar-refractivity contribution is 5.91. The minimum absolute atomic E-state index is 0.0746. The molecule has 4 saturated carbocycles. The summed E-state index contributed by atoms with van der Waals surface area (Å²) in [4.78, 5) is 36.3. The number of hydrogen-bond acceptors (Lipinski definition) is 5. The zero-order chi connectivity index (χ0) is 21.9. The molecule has 0 heterocycles. The van der Waals surface area contributed by atoms with Crippen LogP contribution in [0.15, 0.2) is 0 Å². The summed E-state index contributed by atoms with van der Waals surface area (Å²) in [6, 6.07) is 0. The number of esters is 2. The van der Waals surface area contributed by atoms with Crippen molar-refractivity contribution in [1.29, 1.82) is 0 Å². The molecule has 0 spiro atoms. The van der Waals surface area contributed by atoms with E-state index in [9.17, 15) is 14.4 Å². The third kappa shape index (κ3) is 3.14. The van der Waals surface area contributed by atoms with Gasteiger partial charge in [0.15, 0.2) is 11.4 Å². The van der Waals surface area contributed by atoms with Gasteiger partial charge in [-0.05, 0) is 87.4 Å². The number of carbonyl (C=O) groups excluding carboxylic acids is 3. The maximum Gasteiger partial charge on any atom is 0.303 e. The molecular weight excluding hydrogens is 380 g/mol. The van der Waals surface area contributed by atoms with Gasteiger partial charge in [-0.2, -0.15) is 0 Å². The van der Waals surface area contributed by atoms with Gasteiger partial charge in [0.1, 0.15) is 6.10 Å². The zero-order valence-electron chi connectivity index (χ0n) is 19.3. The average Bonchev–Trinajstić information content (AvgIpc) is 2.65. The van der Waals surface area contributed by atoms with E-state index >= 15 is 0 Å². The van der Waals surface area contributed by atoms with Crippen molar-refractivity contribution in [1.82, 2.24) is 0 Å². The standard InChI is InChI=1S/C25H38O5/c1-15(26)29-18-10-12-23(3)17(14-18)6-7-19-20(23)11-13-24(4)21(19)8-9-22(28)25(24,5)30-16(2)27/h17-21H,6-14H2,1-5H3/t17-,18+,19+,20-,21+,23+,24+,25+/m0/s1. The summed E-state index contributed by atoms with van der Waals surface area (Å²) in [5.41, 5.74) is -1.01. The summed E-state index contributed by atoms with van der Waals surface area (Å²) in [6.45, 7) is 9.49. The number of Topliss-reactive ketones (excluding diaryl/α,β-unsaturated/α-hetero) is 1. The van der Waals surface area contributed by atoms with E-state index in [0.717, 1.165) is 38.5 Å². The lowest BCUT2D eigenvalue weighted by Gasteiger charge is -2.65. The molecule has 0 N–H and O–H groups in total. The second kappa shape index (κ2) is 7.34. The summed E-state index contributed by atoms with van der Waals surface area (Å²) >= 11 is 0. The Morgan fingerprint density at radius 2 is 1.63 bits per heavy atom. The third-order valence-electron chi connectivity index (χ3n) is 9.99. The number of hydrogen-bond donors (Lipinski definition) is 0. The van der Waals surface area contributed by atoms with E-state index in [2.05, 4.69) is 13.8 Å². The van der Waals surface area contributed by atoms with Crippen LogP contribution in [-0.2, 0) is 23.9 Å². The molecule has 0 saturated heterocycles. The van der Waals surface area contributed by atoms with Crippen molar-refractivity contribution in [3.63, 3.8) is 0 Å². The molecule has 0 aromatic heterocycles. The molecule has 4 aliphatic carbocycles. The molecule has 168 valence electrons. The largest absolute Gasteiger partial charge is 0.463 e. The molecule has 5 nitrogen and oxygen atoms in total. The SMILES string of the molecule is CC(=O)O[C@@H]1CC[C@]2(C)[C@@H](CC[C@H]3[C@H]4CCC(=O)[C@@](C)(OC(C)=O)[C@]4(C)CC[C@@H]32)C1. The topological polar surface area (TPSA) is 69.7 Å². The van der Waals surface area contributed by atoms with Gasteiger partial charge in [-0.25, -0.2) is 0 Å². The first kappa shape index (κ1) is 21.8. The molecule has 0 radical (unpaired) electrons. The van der Waals surface area contributed by atoms with E-state index in [1.165, 1.54) is 26.7 Å². The fraction of sp³-hybridized carbons (Fsp3) is 0.880. The van der Waals surface area contributed by atoms with Crippen molar-refractivity contribution < 1.29 is 23.9 Å². The highest BCUT2D eigenvalue weighted by Gasteiger charge is 2.65. The predicted molar refractivity (Wildman–Crippen MR) is 112 cm³/mol. The second-order valence-corrected chi connectivity index (χ2v) is 11.2. The maximum absolute atomic E-state index is 13.0. The van der Waals surface area contributed by atoms with Gasteiger partial charge in [-0.3, -0.25) is 14.4 Å². The molecule has 0 aromatic rings. The number of fused-ring (bicyclic) bond motifs is 5. The van der Waals surface area contributed by atoms with Crippen LogP contribution in [0, 0.1) is 34.5 Å². The fourth-order valence-corrected chi connectivity index (χ4v) is 8.31. The molecule has 5 heteroatoms. The van der Waals surface area contributed by atoms with E-state index in [4.69, 9.17) is 9.47 Å². The predicted octanol–water partition coefficient (Wildman–Crippen LogP) is 4.85.